The Kier molecular flexibility index (Phi) is 18.5. The predicted octanol–water partition coefficient (Wildman–Crippen LogP) is 7.92. The molecule has 1 aromatic carbocycles. The van der Waals surface area contributed by atoms with Gasteiger partial charge < -0.3 is 30.6 Å². The lowest BCUT2D eigenvalue weighted by Gasteiger charge is -2.38. The molecule has 0 saturated carbocycles. The lowest BCUT2D eigenvalue weighted by atomic mass is 9.83. The molecule has 1 heterocycles. The van der Waals surface area contributed by atoms with Crippen LogP contribution in [0.25, 0.3) is 0 Å². The van der Waals surface area contributed by atoms with Crippen molar-refractivity contribution < 1.29 is 23.8 Å². The monoisotopic (exact) mass is 686 g/mol. The molecule has 0 aromatic heterocycles. The van der Waals surface area contributed by atoms with Crippen LogP contribution >= 0.6 is 0 Å². The number of methoxy groups -OCH3 is 1. The zero-order valence-corrected chi connectivity index (χ0v) is 32.7. The first-order valence-electron chi connectivity index (χ1n) is 18.0. The van der Waals surface area contributed by atoms with Crippen LogP contribution in [0.3, 0.4) is 0 Å². The second-order valence-corrected chi connectivity index (χ2v) is 14.9. The fourth-order valence-electron chi connectivity index (χ4n) is 6.16. The van der Waals surface area contributed by atoms with E-state index in [4.69, 9.17) is 26.4 Å². The fraction of sp³-hybridized carbons (Fsp3) is 0.692. The van der Waals surface area contributed by atoms with E-state index in [9.17, 15) is 9.59 Å². The summed E-state index contributed by atoms with van der Waals surface area (Å²) in [5.74, 6) is 2.77. The summed E-state index contributed by atoms with van der Waals surface area (Å²) in [6, 6.07) is 0. The molecule has 2 rings (SSSR count). The van der Waals surface area contributed by atoms with E-state index in [-0.39, 0.29) is 23.1 Å². The van der Waals surface area contributed by atoms with Crippen LogP contribution in [0.2, 0.25) is 0 Å². The van der Waals surface area contributed by atoms with E-state index in [1.54, 1.807) is 14.1 Å². The van der Waals surface area contributed by atoms with Crippen LogP contribution in [0, 0.1) is 43.9 Å². The third-order valence-corrected chi connectivity index (χ3v) is 9.54. The van der Waals surface area contributed by atoms with Gasteiger partial charge in [0.15, 0.2) is 5.96 Å². The Morgan fingerprint density at radius 3 is 2.00 bits per heavy atom. The molecule has 3 atom stereocenters. The van der Waals surface area contributed by atoms with Crippen molar-refractivity contribution >= 4 is 23.9 Å². The number of nitrogens with zero attached hydrogens (tertiary/aromatic N) is 2. The Hall–Kier alpha value is -3.56. The van der Waals surface area contributed by atoms with E-state index in [0.29, 0.717) is 5.75 Å². The first-order chi connectivity index (χ1) is 22.8. The second-order valence-electron chi connectivity index (χ2n) is 14.9. The van der Waals surface area contributed by atoms with Crippen LogP contribution in [-0.2, 0) is 20.7 Å². The molecule has 1 aliphatic heterocycles. The van der Waals surface area contributed by atoms with Crippen molar-refractivity contribution in [3.63, 3.8) is 0 Å². The van der Waals surface area contributed by atoms with E-state index in [1.807, 2.05) is 20.8 Å². The quantitative estimate of drug-likeness (QED) is 0.0553. The van der Waals surface area contributed by atoms with Crippen molar-refractivity contribution in [2.24, 2.45) is 34.2 Å². The molecule has 0 radical (unpaired) electrons. The Bertz CT molecular complexity index is 1320. The number of fused-ring (bicyclic) bond motifs is 1. The number of nitrogens with one attached hydrogen (secondary N) is 1. The van der Waals surface area contributed by atoms with E-state index < -0.39 is 11.9 Å². The Morgan fingerprint density at radius 1 is 0.959 bits per heavy atom. The number of benzene rings is 1. The normalized spacial score (nSPS) is 16.7. The van der Waals surface area contributed by atoms with Gasteiger partial charge in [0.1, 0.15) is 17.1 Å². The summed E-state index contributed by atoms with van der Waals surface area (Å²) in [6.07, 6.45) is 14.6. The van der Waals surface area contributed by atoms with Crippen molar-refractivity contribution in [3.8, 4) is 11.5 Å². The highest BCUT2D eigenvalue weighted by molar-refractivity contribution is 5.96. The number of guanidine groups is 2. The van der Waals surface area contributed by atoms with Crippen LogP contribution in [0.5, 0.6) is 11.5 Å². The maximum absolute atomic E-state index is 12.5. The largest absolute Gasteiger partial charge is 0.487 e. The highest BCUT2D eigenvalue weighted by Gasteiger charge is 2.34. The molecule has 0 saturated heterocycles. The van der Waals surface area contributed by atoms with Crippen molar-refractivity contribution in [1.82, 2.24) is 4.90 Å². The van der Waals surface area contributed by atoms with Crippen LogP contribution in [0.1, 0.15) is 128 Å². The van der Waals surface area contributed by atoms with Crippen molar-refractivity contribution in [2.75, 3.05) is 21.2 Å². The van der Waals surface area contributed by atoms with Gasteiger partial charge in [0.2, 0.25) is 5.96 Å². The minimum absolute atomic E-state index is 0.0509. The maximum atomic E-state index is 12.5. The van der Waals surface area contributed by atoms with Gasteiger partial charge in [0, 0.05) is 31.3 Å². The Morgan fingerprint density at radius 2 is 1.51 bits per heavy atom. The molecule has 5 N–H and O–H groups in total. The zero-order valence-electron chi connectivity index (χ0n) is 32.7. The smallest absolute Gasteiger partial charge is 0.336 e. The molecular formula is C39H67N5O5. The lowest BCUT2D eigenvalue weighted by Crippen LogP contribution is -2.37. The number of hydrogen-bond donors (Lipinski definition) is 3. The Labute approximate surface area is 296 Å². The molecule has 0 amide bonds. The topological polar surface area (TPSA) is 153 Å². The minimum atomic E-state index is -0.579. The lowest BCUT2D eigenvalue weighted by molar-refractivity contribution is -0.137. The predicted molar refractivity (Wildman–Crippen MR) is 201 cm³/mol. The summed E-state index contributed by atoms with van der Waals surface area (Å²) < 4.78 is 17.1. The van der Waals surface area contributed by atoms with Crippen LogP contribution in [0.15, 0.2) is 16.6 Å². The standard InChI is InChI=1S/C35H56O5.C4H11N5/c1-23(2)14-11-15-24(3)16-12-17-25(4)18-13-20-35(9)21-19-30-29(8)32(27(6)28(7)33(30)40-35)39-31(36)22-26(5)34(37)38-10;1-9(2)4(7)8-3(5)6/h22-25H,11-21H2,1-10H3;1-2H3,(H5,5,6,7,8)/b26-22-;. The number of hydrogen-bond acceptors (Lipinski definition) is 6. The van der Waals surface area contributed by atoms with Gasteiger partial charge in [-0.25, -0.2) is 9.59 Å². The van der Waals surface area contributed by atoms with E-state index in [0.717, 1.165) is 65.0 Å². The van der Waals surface area contributed by atoms with E-state index in [2.05, 4.69) is 44.3 Å². The van der Waals surface area contributed by atoms with Crippen LogP contribution in [0.4, 0.5) is 0 Å². The minimum Gasteiger partial charge on any atom is -0.487 e. The van der Waals surface area contributed by atoms with Gasteiger partial charge in [-0.1, -0.05) is 72.6 Å². The van der Waals surface area contributed by atoms with Crippen molar-refractivity contribution in [1.29, 1.82) is 5.41 Å². The first-order valence-corrected chi connectivity index (χ1v) is 18.0. The highest BCUT2D eigenvalue weighted by atomic mass is 16.5. The molecular weight excluding hydrogens is 618 g/mol. The first kappa shape index (κ1) is 43.5. The van der Waals surface area contributed by atoms with Gasteiger partial charge in [-0.05, 0) is 94.7 Å². The average Bonchev–Trinajstić information content (AvgIpc) is 3.01. The number of nitrogens with two attached hydrogens (primary N) is 2. The number of ether oxygens (including phenoxy) is 3. The Balaban J connectivity index is 0.00000117. The zero-order chi connectivity index (χ0) is 37.5. The number of carbonyl (C=O) groups is 2. The number of esters is 2. The summed E-state index contributed by atoms with van der Waals surface area (Å²) in [6.45, 7) is 19.2. The number of rotatable bonds is 15. The number of carbonyl (C=O) groups excluding carboxylic acids is 2. The van der Waals surface area contributed by atoms with E-state index >= 15 is 0 Å². The molecule has 10 nitrogen and oxygen atoms in total. The fourth-order valence-corrected chi connectivity index (χ4v) is 6.16. The average molecular weight is 686 g/mol. The third-order valence-electron chi connectivity index (χ3n) is 9.54. The summed E-state index contributed by atoms with van der Waals surface area (Å²) >= 11 is 0. The molecule has 1 aromatic rings. The third kappa shape index (κ3) is 15.3. The van der Waals surface area contributed by atoms with Gasteiger partial charge in [-0.3, -0.25) is 5.41 Å². The van der Waals surface area contributed by atoms with E-state index in [1.165, 1.54) is 76.4 Å². The summed E-state index contributed by atoms with van der Waals surface area (Å²) in [4.78, 5) is 29.1. The second kappa shape index (κ2) is 20.8. The van der Waals surface area contributed by atoms with Gasteiger partial charge in [-0.15, -0.1) is 0 Å². The van der Waals surface area contributed by atoms with Crippen molar-refractivity contribution in [2.45, 2.75) is 139 Å². The molecule has 3 unspecified atom stereocenters. The molecule has 10 heteroatoms. The van der Waals surface area contributed by atoms with Gasteiger partial charge in [0.05, 0.1) is 7.11 Å². The van der Waals surface area contributed by atoms with Gasteiger partial charge >= 0.3 is 11.9 Å². The molecule has 1 aliphatic rings. The van der Waals surface area contributed by atoms with Crippen LogP contribution in [-0.4, -0.2) is 55.6 Å². The number of aliphatic imine (C=N–C) groups is 1. The molecule has 49 heavy (non-hydrogen) atoms. The molecule has 278 valence electrons. The highest BCUT2D eigenvalue weighted by Crippen LogP contribution is 2.45. The molecule has 0 aliphatic carbocycles. The van der Waals surface area contributed by atoms with Crippen molar-refractivity contribution in [3.05, 3.63) is 33.9 Å². The molecule has 0 spiro atoms. The summed E-state index contributed by atoms with van der Waals surface area (Å²) in [5.41, 5.74) is 14.0. The molecule has 0 fully saturated rings. The van der Waals surface area contributed by atoms with Gasteiger partial charge in [0.25, 0.3) is 0 Å². The summed E-state index contributed by atoms with van der Waals surface area (Å²) in [7, 11) is 4.67. The maximum Gasteiger partial charge on any atom is 0.336 e. The summed E-state index contributed by atoms with van der Waals surface area (Å²) in [5, 5.41) is 7.05. The van der Waals surface area contributed by atoms with Crippen LogP contribution < -0.4 is 20.9 Å². The van der Waals surface area contributed by atoms with Gasteiger partial charge in [-0.2, -0.15) is 4.99 Å². The molecule has 0 bridgehead atoms. The SMILES string of the molecule is CN(C)C(=N)N=C(N)N.COC(=O)/C(C)=C\C(=O)Oc1c(C)c(C)c2c(c1C)CCC(C)(CCCC(C)CCCC(C)CCCC(C)C)O2.